The summed E-state index contributed by atoms with van der Waals surface area (Å²) in [7, 11) is 0. The van der Waals surface area contributed by atoms with E-state index in [0.717, 1.165) is 50.7 Å². The van der Waals surface area contributed by atoms with E-state index in [0.29, 0.717) is 0 Å². The van der Waals surface area contributed by atoms with E-state index in [1.807, 2.05) is 0 Å². The Labute approximate surface area is 401 Å². The summed E-state index contributed by atoms with van der Waals surface area (Å²) in [5.41, 5.74) is 14.6. The van der Waals surface area contributed by atoms with Crippen LogP contribution in [0.5, 0.6) is 0 Å². The van der Waals surface area contributed by atoms with Crippen molar-refractivity contribution in [2.45, 2.75) is 0 Å². The van der Waals surface area contributed by atoms with E-state index in [1.165, 1.54) is 65.5 Å². The molecule has 13 rings (SSSR count). The van der Waals surface area contributed by atoms with Crippen molar-refractivity contribution in [3.63, 3.8) is 0 Å². The molecular weight excluding hydrogens is 835 g/mol. The molecular formula is C66H45N3. The van der Waals surface area contributed by atoms with Crippen molar-refractivity contribution in [2.75, 3.05) is 9.80 Å². The smallest absolute Gasteiger partial charge is 0.0788 e. The van der Waals surface area contributed by atoms with E-state index >= 15 is 0 Å². The van der Waals surface area contributed by atoms with Gasteiger partial charge in [-0.15, -0.1) is 0 Å². The molecule has 0 saturated carbocycles. The first-order valence-electron chi connectivity index (χ1n) is 23.7. The third-order valence-electron chi connectivity index (χ3n) is 13.7. The summed E-state index contributed by atoms with van der Waals surface area (Å²) in [6.45, 7) is 0. The number of hydrogen-bond donors (Lipinski definition) is 0. The number of para-hydroxylation sites is 2. The lowest BCUT2D eigenvalue weighted by Crippen LogP contribution is -2.17. The van der Waals surface area contributed by atoms with E-state index in [4.69, 9.17) is 0 Å². The minimum absolute atomic E-state index is 1.05. The third kappa shape index (κ3) is 6.91. The maximum atomic E-state index is 2.51. The maximum absolute atomic E-state index is 2.51. The van der Waals surface area contributed by atoms with Gasteiger partial charge in [-0.25, -0.2) is 0 Å². The quantitative estimate of drug-likeness (QED) is 0.143. The first kappa shape index (κ1) is 40.1. The predicted molar refractivity (Wildman–Crippen MR) is 294 cm³/mol. The van der Waals surface area contributed by atoms with Crippen molar-refractivity contribution in [1.82, 2.24) is 4.57 Å². The molecule has 0 bridgehead atoms. The third-order valence-corrected chi connectivity index (χ3v) is 13.7. The number of aromatic nitrogens is 1. The van der Waals surface area contributed by atoms with Gasteiger partial charge < -0.3 is 14.4 Å². The fourth-order valence-electron chi connectivity index (χ4n) is 10.6. The Balaban J connectivity index is 1.20. The van der Waals surface area contributed by atoms with Gasteiger partial charge in [-0.1, -0.05) is 200 Å². The fourth-order valence-corrected chi connectivity index (χ4v) is 10.6. The van der Waals surface area contributed by atoms with Crippen LogP contribution < -0.4 is 9.80 Å². The van der Waals surface area contributed by atoms with Crippen LogP contribution in [0, 0.1) is 0 Å². The van der Waals surface area contributed by atoms with E-state index in [2.05, 4.69) is 287 Å². The Kier molecular flexibility index (Phi) is 9.84. The molecule has 0 amide bonds. The van der Waals surface area contributed by atoms with Crippen molar-refractivity contribution in [1.29, 1.82) is 0 Å². The first-order chi connectivity index (χ1) is 34.3. The highest BCUT2D eigenvalue weighted by atomic mass is 15.2. The fraction of sp³-hybridized carbons (Fsp3) is 0. The second kappa shape index (κ2) is 16.9. The van der Waals surface area contributed by atoms with Crippen LogP contribution in [0.1, 0.15) is 0 Å². The molecule has 0 fully saturated rings. The minimum atomic E-state index is 1.05. The zero-order valence-electron chi connectivity index (χ0n) is 37.8. The molecule has 0 aliphatic carbocycles. The van der Waals surface area contributed by atoms with Crippen molar-refractivity contribution in [3.8, 4) is 27.9 Å². The molecule has 69 heavy (non-hydrogen) atoms. The van der Waals surface area contributed by atoms with E-state index in [-0.39, 0.29) is 0 Å². The highest BCUT2D eigenvalue weighted by Crippen LogP contribution is 2.53. The van der Waals surface area contributed by atoms with Crippen LogP contribution in [0.25, 0.3) is 82.1 Å². The molecule has 0 saturated heterocycles. The average molecular weight is 880 g/mol. The molecule has 0 aliphatic rings. The zero-order chi connectivity index (χ0) is 45.7. The van der Waals surface area contributed by atoms with Crippen LogP contribution in [0.2, 0.25) is 0 Å². The SMILES string of the molecule is c1ccc(-c2ccc(N(c3ccccc3)c3ccc4ccc5c(c4c3N(c3ccccc3)c3ccc(-c4ccccc4)cc3)c3c4ccccc4ccc3n5-c3cccc4ccccc34)cc2)cc1. The number of rotatable bonds is 9. The van der Waals surface area contributed by atoms with Crippen LogP contribution in [0.3, 0.4) is 0 Å². The minimum Gasteiger partial charge on any atom is -0.309 e. The summed E-state index contributed by atoms with van der Waals surface area (Å²) in [6.07, 6.45) is 0. The van der Waals surface area contributed by atoms with Gasteiger partial charge >= 0.3 is 0 Å². The number of benzene rings is 12. The second-order valence-electron chi connectivity index (χ2n) is 17.7. The van der Waals surface area contributed by atoms with Gasteiger partial charge in [0.2, 0.25) is 0 Å². The van der Waals surface area contributed by atoms with Crippen molar-refractivity contribution < 1.29 is 0 Å². The Hall–Kier alpha value is -9.18. The largest absolute Gasteiger partial charge is 0.309 e. The monoisotopic (exact) mass is 879 g/mol. The molecule has 0 radical (unpaired) electrons. The zero-order valence-corrected chi connectivity index (χ0v) is 37.8. The van der Waals surface area contributed by atoms with Gasteiger partial charge in [0.05, 0.1) is 28.1 Å². The van der Waals surface area contributed by atoms with Crippen LogP contribution in [-0.2, 0) is 0 Å². The van der Waals surface area contributed by atoms with E-state index in [1.54, 1.807) is 0 Å². The first-order valence-corrected chi connectivity index (χ1v) is 23.7. The summed E-state index contributed by atoms with van der Waals surface area (Å²) < 4.78 is 2.51. The molecule has 0 spiro atoms. The van der Waals surface area contributed by atoms with Crippen molar-refractivity contribution in [3.05, 3.63) is 273 Å². The standard InChI is InChI=1S/C66H45N3/c1-5-18-46(19-6-1)48-32-39-55(40-33-48)67(53-25-9-3-10-26-53)62-45-38-52-37-44-61-65(63(52)66(62)68(54-27-11-4-12-28-54)56-41-34-49(35-42-56)47-20-7-2-8-21-47)64-58-30-16-14-23-51(58)36-43-60(64)69(61)59-31-17-24-50-22-13-15-29-57(50)59/h1-45H. The molecule has 0 unspecified atom stereocenters. The number of nitrogens with zero attached hydrogens (tertiary/aromatic N) is 3. The lowest BCUT2D eigenvalue weighted by atomic mass is 9.96. The molecule has 0 aliphatic heterocycles. The van der Waals surface area contributed by atoms with Crippen LogP contribution in [-0.4, -0.2) is 4.57 Å². The number of hydrogen-bond acceptors (Lipinski definition) is 2. The molecule has 324 valence electrons. The van der Waals surface area contributed by atoms with Crippen LogP contribution >= 0.6 is 0 Å². The molecule has 3 nitrogen and oxygen atoms in total. The summed E-state index contributed by atoms with van der Waals surface area (Å²) in [5.74, 6) is 0. The Morgan fingerprint density at radius 1 is 0.246 bits per heavy atom. The van der Waals surface area contributed by atoms with Gasteiger partial charge in [0, 0.05) is 44.3 Å². The van der Waals surface area contributed by atoms with Crippen molar-refractivity contribution >= 4 is 88.2 Å². The Morgan fingerprint density at radius 2 is 0.667 bits per heavy atom. The highest BCUT2D eigenvalue weighted by Gasteiger charge is 2.28. The number of anilines is 6. The molecule has 12 aromatic carbocycles. The van der Waals surface area contributed by atoms with E-state index in [9.17, 15) is 0 Å². The summed E-state index contributed by atoms with van der Waals surface area (Å²) >= 11 is 0. The van der Waals surface area contributed by atoms with E-state index < -0.39 is 0 Å². The van der Waals surface area contributed by atoms with Gasteiger partial charge in [0.15, 0.2) is 0 Å². The lowest BCUT2D eigenvalue weighted by Gasteiger charge is -2.34. The second-order valence-corrected chi connectivity index (χ2v) is 17.7. The maximum Gasteiger partial charge on any atom is 0.0788 e. The molecule has 13 aromatic rings. The van der Waals surface area contributed by atoms with Gasteiger partial charge in [-0.05, 0) is 117 Å². The highest BCUT2D eigenvalue weighted by molar-refractivity contribution is 6.32. The summed E-state index contributed by atoms with van der Waals surface area (Å²) in [6, 6.07) is 99.4. The molecule has 3 heteroatoms. The molecule has 1 heterocycles. The molecule has 0 N–H and O–H groups in total. The summed E-state index contributed by atoms with van der Waals surface area (Å²) in [5, 5.41) is 9.60. The lowest BCUT2D eigenvalue weighted by molar-refractivity contribution is 1.20. The van der Waals surface area contributed by atoms with Gasteiger partial charge in [0.25, 0.3) is 0 Å². The average Bonchev–Trinajstić information content (AvgIpc) is 3.77. The van der Waals surface area contributed by atoms with Crippen LogP contribution in [0.15, 0.2) is 273 Å². The predicted octanol–water partition coefficient (Wildman–Crippen LogP) is 18.5. The normalized spacial score (nSPS) is 11.5. The Morgan fingerprint density at radius 3 is 1.28 bits per heavy atom. The topological polar surface area (TPSA) is 11.4 Å². The van der Waals surface area contributed by atoms with Crippen molar-refractivity contribution in [2.24, 2.45) is 0 Å². The van der Waals surface area contributed by atoms with Crippen LogP contribution in [0.4, 0.5) is 34.1 Å². The molecule has 1 aromatic heterocycles. The molecule has 0 atom stereocenters. The van der Waals surface area contributed by atoms with Gasteiger partial charge in [0.1, 0.15) is 0 Å². The Bertz CT molecular complexity index is 3970. The van der Waals surface area contributed by atoms with Gasteiger partial charge in [-0.3, -0.25) is 0 Å². The summed E-state index contributed by atoms with van der Waals surface area (Å²) in [4.78, 5) is 4.94. The number of fused-ring (bicyclic) bond motifs is 8. The van der Waals surface area contributed by atoms with Gasteiger partial charge in [-0.2, -0.15) is 0 Å².